The number of thiocarbonyl (C=S) groups is 1. The van der Waals surface area contributed by atoms with Crippen LogP contribution in [0.2, 0.25) is 0 Å². The normalized spacial score (nSPS) is 11.4. The number of nitrogens with zero attached hydrogens (tertiary/aromatic N) is 4. The molecular weight excluding hydrogens is 300 g/mol. The van der Waals surface area contributed by atoms with Crippen molar-refractivity contribution in [3.63, 3.8) is 0 Å². The number of pyridine rings is 1. The Labute approximate surface area is 121 Å². The van der Waals surface area contributed by atoms with Gasteiger partial charge in [-0.3, -0.25) is 9.67 Å². The van der Waals surface area contributed by atoms with E-state index >= 15 is 0 Å². The molecule has 8 nitrogen and oxygen atoms in total. The predicted molar refractivity (Wildman–Crippen MR) is 75.2 cm³/mol. The van der Waals surface area contributed by atoms with E-state index in [9.17, 15) is 8.42 Å². The van der Waals surface area contributed by atoms with Crippen molar-refractivity contribution in [3.05, 3.63) is 36.2 Å². The van der Waals surface area contributed by atoms with Crippen LogP contribution >= 0.6 is 12.2 Å². The molecule has 0 spiro atoms. The standard InChI is InChI=1S/C10H12N6O2S2/c1-16-6-13-9(15-16)5-14-20(17,18)7-2-3-8(10(11)19)12-4-7/h2-4,6,14H,5H2,1H3,(H2,11,19). The van der Waals surface area contributed by atoms with Crippen LogP contribution in [0.15, 0.2) is 29.6 Å². The summed E-state index contributed by atoms with van der Waals surface area (Å²) in [5.41, 5.74) is 5.76. The van der Waals surface area contributed by atoms with E-state index in [0.29, 0.717) is 11.5 Å². The Morgan fingerprint density at radius 3 is 2.70 bits per heavy atom. The van der Waals surface area contributed by atoms with Gasteiger partial charge in [-0.25, -0.2) is 18.1 Å². The first-order valence-electron chi connectivity index (χ1n) is 5.48. The molecule has 0 saturated carbocycles. The number of sulfonamides is 1. The molecule has 10 heteroatoms. The summed E-state index contributed by atoms with van der Waals surface area (Å²) in [7, 11) is -1.98. The van der Waals surface area contributed by atoms with Gasteiger partial charge < -0.3 is 5.73 Å². The number of hydrogen-bond acceptors (Lipinski definition) is 6. The Balaban J connectivity index is 2.11. The lowest BCUT2D eigenvalue weighted by atomic mass is 10.3. The molecule has 0 saturated heterocycles. The first-order valence-corrected chi connectivity index (χ1v) is 7.37. The van der Waals surface area contributed by atoms with Gasteiger partial charge in [-0.15, -0.1) is 0 Å². The van der Waals surface area contributed by atoms with Gasteiger partial charge in [0.15, 0.2) is 5.82 Å². The van der Waals surface area contributed by atoms with Gasteiger partial charge in [-0.05, 0) is 12.1 Å². The Kier molecular flexibility index (Phi) is 4.06. The minimum Gasteiger partial charge on any atom is -0.388 e. The SMILES string of the molecule is Cn1cnc(CNS(=O)(=O)c2ccc(C(N)=S)nc2)n1. The molecule has 3 N–H and O–H groups in total. The van der Waals surface area contributed by atoms with Crippen LogP contribution in [0.5, 0.6) is 0 Å². The average Bonchev–Trinajstić information content (AvgIpc) is 2.82. The average molecular weight is 312 g/mol. The number of hydrogen-bond donors (Lipinski definition) is 2. The molecule has 2 heterocycles. The molecule has 20 heavy (non-hydrogen) atoms. The second-order valence-corrected chi connectivity index (χ2v) is 6.11. The quantitative estimate of drug-likeness (QED) is 0.703. The summed E-state index contributed by atoms with van der Waals surface area (Å²) in [6.07, 6.45) is 2.69. The molecule has 0 aromatic carbocycles. The fourth-order valence-electron chi connectivity index (χ4n) is 1.39. The van der Waals surface area contributed by atoms with Crippen molar-refractivity contribution in [2.24, 2.45) is 12.8 Å². The lowest BCUT2D eigenvalue weighted by Gasteiger charge is -2.05. The van der Waals surface area contributed by atoms with Crippen LogP contribution in [-0.4, -0.2) is 33.2 Å². The largest absolute Gasteiger partial charge is 0.388 e. The molecule has 0 aliphatic heterocycles. The fourth-order valence-corrected chi connectivity index (χ4v) is 2.44. The number of nitrogens with one attached hydrogen (secondary N) is 1. The van der Waals surface area contributed by atoms with Crippen LogP contribution in [-0.2, 0) is 23.6 Å². The van der Waals surface area contributed by atoms with E-state index in [2.05, 4.69) is 19.8 Å². The zero-order valence-electron chi connectivity index (χ0n) is 10.5. The Bertz CT molecular complexity index is 722. The van der Waals surface area contributed by atoms with Gasteiger partial charge in [0.2, 0.25) is 10.0 Å². The van der Waals surface area contributed by atoms with E-state index in [1.807, 2.05) is 0 Å². The first-order chi connectivity index (χ1) is 9.38. The van der Waals surface area contributed by atoms with Crippen LogP contribution in [0, 0.1) is 0 Å². The molecule has 0 fully saturated rings. The molecule has 0 aliphatic carbocycles. The number of aryl methyl sites for hydroxylation is 1. The lowest BCUT2D eigenvalue weighted by molar-refractivity contribution is 0.578. The first kappa shape index (κ1) is 14.5. The maximum atomic E-state index is 12.0. The third-order valence-corrected chi connectivity index (χ3v) is 3.96. The Morgan fingerprint density at radius 2 is 2.20 bits per heavy atom. The van der Waals surface area contributed by atoms with Gasteiger partial charge >= 0.3 is 0 Å². The molecule has 0 aliphatic rings. The van der Waals surface area contributed by atoms with Crippen molar-refractivity contribution in [2.75, 3.05) is 0 Å². The van der Waals surface area contributed by atoms with Gasteiger partial charge in [0.25, 0.3) is 0 Å². The highest BCUT2D eigenvalue weighted by molar-refractivity contribution is 7.89. The van der Waals surface area contributed by atoms with Crippen molar-refractivity contribution in [3.8, 4) is 0 Å². The highest BCUT2D eigenvalue weighted by Crippen LogP contribution is 2.08. The third kappa shape index (κ3) is 3.35. The van der Waals surface area contributed by atoms with Crippen LogP contribution < -0.4 is 10.5 Å². The number of aromatic nitrogens is 4. The molecule has 106 valence electrons. The zero-order valence-corrected chi connectivity index (χ0v) is 12.1. The van der Waals surface area contributed by atoms with Gasteiger partial charge in [0.1, 0.15) is 16.2 Å². The summed E-state index contributed by atoms with van der Waals surface area (Å²) in [5.74, 6) is 0.379. The molecular formula is C10H12N6O2S2. The van der Waals surface area contributed by atoms with Crippen LogP contribution in [0.4, 0.5) is 0 Å². The van der Waals surface area contributed by atoms with Gasteiger partial charge in [0.05, 0.1) is 12.2 Å². The highest BCUT2D eigenvalue weighted by Gasteiger charge is 2.15. The van der Waals surface area contributed by atoms with Crippen molar-refractivity contribution in [2.45, 2.75) is 11.4 Å². The fraction of sp³-hybridized carbons (Fsp3) is 0.200. The van der Waals surface area contributed by atoms with E-state index < -0.39 is 10.0 Å². The Morgan fingerprint density at radius 1 is 1.45 bits per heavy atom. The molecule has 0 bridgehead atoms. The summed E-state index contributed by atoms with van der Waals surface area (Å²) in [6, 6.07) is 2.84. The predicted octanol–water partition coefficient (Wildman–Crippen LogP) is -0.677. The van der Waals surface area contributed by atoms with Gasteiger partial charge in [0, 0.05) is 13.2 Å². The summed E-state index contributed by atoms with van der Waals surface area (Å²) in [4.78, 5) is 7.94. The summed E-state index contributed by atoms with van der Waals surface area (Å²) < 4.78 is 27.9. The molecule has 2 aromatic heterocycles. The van der Waals surface area contributed by atoms with E-state index in [-0.39, 0.29) is 16.4 Å². The molecule has 0 radical (unpaired) electrons. The van der Waals surface area contributed by atoms with Gasteiger partial charge in [-0.1, -0.05) is 12.2 Å². The van der Waals surface area contributed by atoms with Crippen molar-refractivity contribution < 1.29 is 8.42 Å². The van der Waals surface area contributed by atoms with E-state index in [4.69, 9.17) is 18.0 Å². The summed E-state index contributed by atoms with van der Waals surface area (Å²) in [5, 5.41) is 3.97. The monoisotopic (exact) mass is 312 g/mol. The number of rotatable bonds is 5. The van der Waals surface area contributed by atoms with Crippen molar-refractivity contribution in [1.29, 1.82) is 0 Å². The zero-order chi connectivity index (χ0) is 14.8. The maximum Gasteiger partial charge on any atom is 0.242 e. The summed E-state index contributed by atoms with van der Waals surface area (Å²) >= 11 is 4.75. The van der Waals surface area contributed by atoms with Crippen LogP contribution in [0.25, 0.3) is 0 Å². The van der Waals surface area contributed by atoms with E-state index in [1.54, 1.807) is 7.05 Å². The molecule has 0 amide bonds. The molecule has 0 unspecified atom stereocenters. The van der Waals surface area contributed by atoms with Crippen LogP contribution in [0.3, 0.4) is 0 Å². The second-order valence-electron chi connectivity index (χ2n) is 3.90. The van der Waals surface area contributed by atoms with Gasteiger partial charge in [-0.2, -0.15) is 5.10 Å². The maximum absolute atomic E-state index is 12.0. The smallest absolute Gasteiger partial charge is 0.242 e. The van der Waals surface area contributed by atoms with Crippen molar-refractivity contribution >= 4 is 27.2 Å². The van der Waals surface area contributed by atoms with E-state index in [1.165, 1.54) is 29.3 Å². The lowest BCUT2D eigenvalue weighted by Crippen LogP contribution is -2.24. The Hall–Kier alpha value is -1.91. The second kappa shape index (κ2) is 5.61. The minimum absolute atomic E-state index is 0.000224. The molecule has 2 rings (SSSR count). The topological polar surface area (TPSA) is 116 Å². The molecule has 0 atom stereocenters. The number of nitrogens with two attached hydrogens (primary N) is 1. The van der Waals surface area contributed by atoms with Crippen molar-refractivity contribution in [1.82, 2.24) is 24.5 Å². The third-order valence-electron chi connectivity index (χ3n) is 2.37. The van der Waals surface area contributed by atoms with E-state index in [0.717, 1.165) is 0 Å². The minimum atomic E-state index is -3.68. The summed E-state index contributed by atoms with van der Waals surface area (Å²) in [6.45, 7) is 0.000224. The highest BCUT2D eigenvalue weighted by atomic mass is 32.2. The van der Waals surface area contributed by atoms with Crippen LogP contribution in [0.1, 0.15) is 11.5 Å². The molecule has 2 aromatic rings.